The average Bonchev–Trinajstić information content (AvgIpc) is 2.29. The molecule has 2 atom stereocenters. The van der Waals surface area contributed by atoms with Gasteiger partial charge in [-0.25, -0.2) is 4.79 Å². The first-order valence-electron chi connectivity index (χ1n) is 4.85. The summed E-state index contributed by atoms with van der Waals surface area (Å²) in [7, 11) is 1.28. The summed E-state index contributed by atoms with van der Waals surface area (Å²) in [5.74, 6) is -0.757. The molecular weight excluding hydrogens is 236 g/mol. The maximum Gasteiger partial charge on any atom is 0.328 e. The second-order valence-corrected chi connectivity index (χ2v) is 3.32. The molecule has 1 saturated heterocycles. The fraction of sp³-hybridized carbons (Fsp3) is 0.778. The molecule has 0 aliphatic carbocycles. The number of amides is 1. The third-order valence-corrected chi connectivity index (χ3v) is 2.13. The number of hydrogen-bond acceptors (Lipinski definition) is 5. The summed E-state index contributed by atoms with van der Waals surface area (Å²) >= 11 is 0. The average molecular weight is 253 g/mol. The number of halogens is 1. The normalized spacial score (nSPS) is 21.5. The predicted molar refractivity (Wildman–Crippen MR) is 59.5 cm³/mol. The van der Waals surface area contributed by atoms with Gasteiger partial charge in [0.05, 0.1) is 13.7 Å². The van der Waals surface area contributed by atoms with Gasteiger partial charge in [0.1, 0.15) is 12.1 Å². The number of hydrogen-bond donors (Lipinski definition) is 2. The van der Waals surface area contributed by atoms with Crippen LogP contribution in [0.4, 0.5) is 0 Å². The number of methoxy groups -OCH3 is 1. The molecule has 0 saturated carbocycles. The fourth-order valence-corrected chi connectivity index (χ4v) is 1.28. The number of morpholine rings is 1. The largest absolute Gasteiger partial charge is 0.467 e. The van der Waals surface area contributed by atoms with Crippen LogP contribution in [0.25, 0.3) is 0 Å². The van der Waals surface area contributed by atoms with E-state index < -0.39 is 18.1 Å². The highest BCUT2D eigenvalue weighted by molar-refractivity contribution is 5.86. The van der Waals surface area contributed by atoms with Crippen LogP contribution in [0.5, 0.6) is 0 Å². The van der Waals surface area contributed by atoms with Crippen LogP contribution in [-0.4, -0.2) is 50.8 Å². The van der Waals surface area contributed by atoms with Gasteiger partial charge in [-0.15, -0.1) is 12.4 Å². The highest BCUT2D eigenvalue weighted by atomic mass is 35.5. The zero-order chi connectivity index (χ0) is 11.3. The Bertz CT molecular complexity index is 244. The molecule has 1 aliphatic heterocycles. The molecule has 1 fully saturated rings. The Balaban J connectivity index is 0.00000225. The van der Waals surface area contributed by atoms with Crippen molar-refractivity contribution < 1.29 is 19.1 Å². The van der Waals surface area contributed by atoms with E-state index in [1.165, 1.54) is 7.11 Å². The summed E-state index contributed by atoms with van der Waals surface area (Å²) in [5, 5.41) is 5.55. The molecule has 7 heteroatoms. The number of carbonyl (C=O) groups is 2. The van der Waals surface area contributed by atoms with Crippen molar-refractivity contribution in [3.05, 3.63) is 0 Å². The molecule has 1 unspecified atom stereocenters. The number of esters is 1. The molecule has 1 rings (SSSR count). The van der Waals surface area contributed by atoms with Crippen molar-refractivity contribution in [3.63, 3.8) is 0 Å². The number of rotatable bonds is 3. The lowest BCUT2D eigenvalue weighted by atomic mass is 10.2. The third-order valence-electron chi connectivity index (χ3n) is 2.13. The molecule has 1 aliphatic rings. The summed E-state index contributed by atoms with van der Waals surface area (Å²) < 4.78 is 9.72. The van der Waals surface area contributed by atoms with E-state index in [4.69, 9.17) is 4.74 Å². The molecular formula is C9H17ClN2O4. The minimum Gasteiger partial charge on any atom is -0.467 e. The van der Waals surface area contributed by atoms with Gasteiger partial charge in [-0.2, -0.15) is 0 Å². The van der Waals surface area contributed by atoms with Crippen LogP contribution >= 0.6 is 12.4 Å². The van der Waals surface area contributed by atoms with E-state index in [1.54, 1.807) is 6.92 Å². The number of ether oxygens (including phenoxy) is 2. The molecule has 1 amide bonds. The predicted octanol–water partition coefficient (Wildman–Crippen LogP) is -0.926. The van der Waals surface area contributed by atoms with Crippen LogP contribution < -0.4 is 10.6 Å². The van der Waals surface area contributed by atoms with Gasteiger partial charge in [0.2, 0.25) is 0 Å². The van der Waals surface area contributed by atoms with Crippen LogP contribution in [0.3, 0.4) is 0 Å². The molecule has 0 radical (unpaired) electrons. The number of carbonyl (C=O) groups excluding carboxylic acids is 2. The van der Waals surface area contributed by atoms with Gasteiger partial charge in [0, 0.05) is 13.1 Å². The van der Waals surface area contributed by atoms with Crippen LogP contribution in [0.2, 0.25) is 0 Å². The highest BCUT2D eigenvalue weighted by Crippen LogP contribution is 1.97. The van der Waals surface area contributed by atoms with Crippen molar-refractivity contribution in [3.8, 4) is 0 Å². The van der Waals surface area contributed by atoms with Crippen molar-refractivity contribution in [2.24, 2.45) is 0 Å². The second kappa shape index (κ2) is 7.43. The smallest absolute Gasteiger partial charge is 0.328 e. The highest BCUT2D eigenvalue weighted by Gasteiger charge is 2.25. The third kappa shape index (κ3) is 4.34. The summed E-state index contributed by atoms with van der Waals surface area (Å²) in [5.41, 5.74) is 0. The van der Waals surface area contributed by atoms with E-state index in [9.17, 15) is 9.59 Å². The summed E-state index contributed by atoms with van der Waals surface area (Å²) in [6, 6.07) is -0.645. The SMILES string of the molecule is COC(=O)C(C)NC(=O)[C@H]1CNCCO1.Cl. The minimum atomic E-state index is -0.645. The van der Waals surface area contributed by atoms with Crippen LogP contribution in [0.1, 0.15) is 6.92 Å². The Kier molecular flexibility index (Phi) is 7.03. The van der Waals surface area contributed by atoms with E-state index in [1.807, 2.05) is 0 Å². The Labute approximate surface area is 100 Å². The quantitative estimate of drug-likeness (QED) is 0.635. The summed E-state index contributed by atoms with van der Waals surface area (Å²) in [4.78, 5) is 22.6. The summed E-state index contributed by atoms with van der Waals surface area (Å²) in [6.45, 7) is 3.29. The van der Waals surface area contributed by atoms with Crippen molar-refractivity contribution in [1.29, 1.82) is 0 Å². The fourth-order valence-electron chi connectivity index (χ4n) is 1.28. The van der Waals surface area contributed by atoms with Gasteiger partial charge in [-0.05, 0) is 6.92 Å². The zero-order valence-electron chi connectivity index (χ0n) is 9.32. The van der Waals surface area contributed by atoms with Gasteiger partial charge < -0.3 is 20.1 Å². The van der Waals surface area contributed by atoms with E-state index >= 15 is 0 Å². The molecule has 0 bridgehead atoms. The molecule has 0 spiro atoms. The first kappa shape index (κ1) is 15.2. The Morgan fingerprint density at radius 3 is 2.75 bits per heavy atom. The first-order chi connectivity index (χ1) is 7.15. The molecule has 1 heterocycles. The lowest BCUT2D eigenvalue weighted by Gasteiger charge is -2.23. The molecule has 6 nitrogen and oxygen atoms in total. The maximum atomic E-state index is 11.5. The first-order valence-corrected chi connectivity index (χ1v) is 4.85. The van der Waals surface area contributed by atoms with Gasteiger partial charge in [0.25, 0.3) is 5.91 Å². The second-order valence-electron chi connectivity index (χ2n) is 3.32. The Morgan fingerprint density at radius 2 is 2.25 bits per heavy atom. The standard InChI is InChI=1S/C9H16N2O4.ClH/c1-6(9(13)14-2)11-8(12)7-5-10-3-4-15-7;/h6-7,10H,3-5H2,1-2H3,(H,11,12);1H/t6?,7-;/m1./s1. The minimum absolute atomic E-state index is 0. The summed E-state index contributed by atoms with van der Waals surface area (Å²) in [6.07, 6.45) is -0.522. The van der Waals surface area contributed by atoms with Crippen LogP contribution in [-0.2, 0) is 19.1 Å². The van der Waals surface area contributed by atoms with Gasteiger partial charge in [-0.3, -0.25) is 4.79 Å². The van der Waals surface area contributed by atoms with Gasteiger partial charge in [0.15, 0.2) is 0 Å². The monoisotopic (exact) mass is 252 g/mol. The van der Waals surface area contributed by atoms with Crippen molar-refractivity contribution in [2.75, 3.05) is 26.8 Å². The molecule has 2 N–H and O–H groups in total. The van der Waals surface area contributed by atoms with Crippen molar-refractivity contribution in [1.82, 2.24) is 10.6 Å². The van der Waals surface area contributed by atoms with Gasteiger partial charge >= 0.3 is 5.97 Å². The van der Waals surface area contributed by atoms with E-state index in [0.29, 0.717) is 13.2 Å². The van der Waals surface area contributed by atoms with E-state index in [0.717, 1.165) is 6.54 Å². The molecule has 94 valence electrons. The lowest BCUT2D eigenvalue weighted by molar-refractivity contribution is -0.146. The molecule has 0 aromatic rings. The van der Waals surface area contributed by atoms with Crippen LogP contribution in [0.15, 0.2) is 0 Å². The number of nitrogens with one attached hydrogen (secondary N) is 2. The maximum absolute atomic E-state index is 11.5. The van der Waals surface area contributed by atoms with Crippen molar-refractivity contribution >= 4 is 24.3 Å². The molecule has 0 aromatic carbocycles. The van der Waals surface area contributed by atoms with Crippen LogP contribution in [0, 0.1) is 0 Å². The Hall–Kier alpha value is -0.850. The molecule has 16 heavy (non-hydrogen) atoms. The van der Waals surface area contributed by atoms with E-state index in [-0.39, 0.29) is 18.3 Å². The lowest BCUT2D eigenvalue weighted by Crippen LogP contribution is -2.51. The topological polar surface area (TPSA) is 76.7 Å². The van der Waals surface area contributed by atoms with Gasteiger partial charge in [-0.1, -0.05) is 0 Å². The Morgan fingerprint density at radius 1 is 1.56 bits per heavy atom. The van der Waals surface area contributed by atoms with Crippen molar-refractivity contribution in [2.45, 2.75) is 19.1 Å². The molecule has 0 aromatic heterocycles. The zero-order valence-corrected chi connectivity index (χ0v) is 10.1. The van der Waals surface area contributed by atoms with E-state index in [2.05, 4.69) is 15.4 Å².